The fourth-order valence-electron chi connectivity index (χ4n) is 2.88. The van der Waals surface area contributed by atoms with Crippen LogP contribution in [-0.4, -0.2) is 35.4 Å². The van der Waals surface area contributed by atoms with E-state index >= 15 is 0 Å². The number of rotatable bonds is 6. The lowest BCUT2D eigenvalue weighted by atomic mass is 9.95. The first-order valence-electron chi connectivity index (χ1n) is 7.62. The SMILES string of the molecule is CCC(c1nc(CCl)cs1)N1CCC(CNC(C)=O)CC1. The zero-order valence-electron chi connectivity index (χ0n) is 12.8. The van der Waals surface area contributed by atoms with Gasteiger partial charge in [0.15, 0.2) is 0 Å². The summed E-state index contributed by atoms with van der Waals surface area (Å²) in [4.78, 5) is 18.2. The Morgan fingerprint density at radius 1 is 1.57 bits per heavy atom. The molecule has 0 bridgehead atoms. The van der Waals surface area contributed by atoms with Crippen LogP contribution in [0.25, 0.3) is 0 Å². The molecule has 1 amide bonds. The molecule has 21 heavy (non-hydrogen) atoms. The van der Waals surface area contributed by atoms with Crippen molar-refractivity contribution in [2.24, 2.45) is 5.92 Å². The van der Waals surface area contributed by atoms with E-state index in [9.17, 15) is 4.79 Å². The van der Waals surface area contributed by atoms with Crippen LogP contribution in [-0.2, 0) is 10.7 Å². The van der Waals surface area contributed by atoms with E-state index < -0.39 is 0 Å². The maximum absolute atomic E-state index is 11.0. The Kier molecular flexibility index (Phi) is 6.45. The second kappa shape index (κ2) is 8.11. The van der Waals surface area contributed by atoms with E-state index in [2.05, 4.69) is 27.5 Å². The number of aromatic nitrogens is 1. The summed E-state index contributed by atoms with van der Waals surface area (Å²) < 4.78 is 0. The predicted octanol–water partition coefficient (Wildman–Crippen LogP) is 3.18. The first-order valence-corrected chi connectivity index (χ1v) is 9.04. The smallest absolute Gasteiger partial charge is 0.216 e. The molecule has 1 fully saturated rings. The normalized spacial score (nSPS) is 18.6. The van der Waals surface area contributed by atoms with Crippen LogP contribution in [0.1, 0.15) is 49.9 Å². The van der Waals surface area contributed by atoms with Crippen LogP contribution in [0.3, 0.4) is 0 Å². The van der Waals surface area contributed by atoms with Crippen LogP contribution in [0.15, 0.2) is 5.38 Å². The summed E-state index contributed by atoms with van der Waals surface area (Å²) in [5.41, 5.74) is 0.982. The number of halogens is 1. The maximum atomic E-state index is 11.0. The third kappa shape index (κ3) is 4.66. The van der Waals surface area contributed by atoms with Crippen molar-refractivity contribution in [2.45, 2.75) is 45.0 Å². The van der Waals surface area contributed by atoms with Gasteiger partial charge in [-0.3, -0.25) is 9.69 Å². The van der Waals surface area contributed by atoms with Crippen LogP contribution in [0.4, 0.5) is 0 Å². The lowest BCUT2D eigenvalue weighted by molar-refractivity contribution is -0.119. The summed E-state index contributed by atoms with van der Waals surface area (Å²) in [6.07, 6.45) is 3.36. The van der Waals surface area contributed by atoms with Gasteiger partial charge in [-0.2, -0.15) is 0 Å². The predicted molar refractivity (Wildman–Crippen MR) is 87.7 cm³/mol. The van der Waals surface area contributed by atoms with E-state index in [4.69, 9.17) is 11.6 Å². The van der Waals surface area contributed by atoms with Crippen molar-refractivity contribution in [2.75, 3.05) is 19.6 Å². The van der Waals surface area contributed by atoms with Gasteiger partial charge in [0, 0.05) is 18.8 Å². The van der Waals surface area contributed by atoms with Gasteiger partial charge in [-0.15, -0.1) is 22.9 Å². The first-order chi connectivity index (χ1) is 10.1. The minimum atomic E-state index is 0.0697. The number of carbonyl (C=O) groups excluding carboxylic acids is 1. The summed E-state index contributed by atoms with van der Waals surface area (Å²) in [6, 6.07) is 0.411. The van der Waals surface area contributed by atoms with Crippen LogP contribution >= 0.6 is 22.9 Å². The molecular formula is C15H24ClN3OS. The number of amides is 1. The van der Waals surface area contributed by atoms with Crippen molar-refractivity contribution in [1.82, 2.24) is 15.2 Å². The van der Waals surface area contributed by atoms with Crippen molar-refractivity contribution in [3.8, 4) is 0 Å². The number of likely N-dealkylation sites (tertiary alicyclic amines) is 1. The summed E-state index contributed by atoms with van der Waals surface area (Å²) in [5.74, 6) is 1.17. The Balaban J connectivity index is 1.88. The highest BCUT2D eigenvalue weighted by Crippen LogP contribution is 2.31. The van der Waals surface area contributed by atoms with Crippen molar-refractivity contribution in [3.63, 3.8) is 0 Å². The van der Waals surface area contributed by atoms with Crippen LogP contribution in [0, 0.1) is 5.92 Å². The topological polar surface area (TPSA) is 45.2 Å². The quantitative estimate of drug-likeness (QED) is 0.815. The zero-order valence-corrected chi connectivity index (χ0v) is 14.3. The largest absolute Gasteiger partial charge is 0.356 e. The van der Waals surface area contributed by atoms with Crippen LogP contribution in [0.2, 0.25) is 0 Å². The first kappa shape index (κ1) is 16.7. The molecule has 6 heteroatoms. The molecule has 2 heterocycles. The van der Waals surface area contributed by atoms with E-state index in [1.54, 1.807) is 18.3 Å². The molecule has 1 aromatic rings. The molecule has 118 valence electrons. The lowest BCUT2D eigenvalue weighted by Crippen LogP contribution is -2.40. The molecule has 1 N–H and O–H groups in total. The van der Waals surface area contributed by atoms with Gasteiger partial charge in [-0.25, -0.2) is 4.98 Å². The zero-order chi connectivity index (χ0) is 15.2. The van der Waals surface area contributed by atoms with E-state index in [-0.39, 0.29) is 5.91 Å². The molecule has 1 saturated heterocycles. The Bertz CT molecular complexity index is 458. The van der Waals surface area contributed by atoms with Gasteiger partial charge in [-0.1, -0.05) is 6.92 Å². The Morgan fingerprint density at radius 3 is 2.81 bits per heavy atom. The molecule has 0 aromatic carbocycles. The molecule has 0 radical (unpaired) electrons. The molecule has 1 aliphatic rings. The van der Waals surface area contributed by atoms with Crippen molar-refractivity contribution in [1.29, 1.82) is 0 Å². The second-order valence-corrected chi connectivity index (χ2v) is 6.81. The molecule has 2 rings (SSSR count). The number of thiazole rings is 1. The third-order valence-electron chi connectivity index (χ3n) is 4.11. The fourth-order valence-corrected chi connectivity index (χ4v) is 4.15. The van der Waals surface area contributed by atoms with E-state index in [0.717, 1.165) is 44.6 Å². The maximum Gasteiger partial charge on any atom is 0.216 e. The van der Waals surface area contributed by atoms with Gasteiger partial charge in [0.25, 0.3) is 0 Å². The summed E-state index contributed by atoms with van der Waals surface area (Å²) in [7, 11) is 0. The fraction of sp³-hybridized carbons (Fsp3) is 0.733. The number of hydrogen-bond donors (Lipinski definition) is 1. The van der Waals surface area contributed by atoms with Gasteiger partial charge in [0.05, 0.1) is 17.6 Å². The number of nitrogens with one attached hydrogen (secondary N) is 1. The number of piperidine rings is 1. The van der Waals surface area contributed by atoms with Gasteiger partial charge < -0.3 is 5.32 Å². The number of alkyl halides is 1. The molecule has 1 atom stereocenters. The van der Waals surface area contributed by atoms with E-state index in [1.807, 2.05) is 0 Å². The van der Waals surface area contributed by atoms with Gasteiger partial charge in [-0.05, 0) is 38.3 Å². The highest BCUT2D eigenvalue weighted by atomic mass is 35.5. The summed E-state index contributed by atoms with van der Waals surface area (Å²) in [6.45, 7) is 6.78. The number of hydrogen-bond acceptors (Lipinski definition) is 4. The number of nitrogens with zero attached hydrogens (tertiary/aromatic N) is 2. The van der Waals surface area contributed by atoms with Crippen molar-refractivity contribution >= 4 is 28.8 Å². The van der Waals surface area contributed by atoms with Crippen molar-refractivity contribution < 1.29 is 4.79 Å². The van der Waals surface area contributed by atoms with E-state index in [0.29, 0.717) is 17.8 Å². The van der Waals surface area contributed by atoms with Gasteiger partial charge in [0.2, 0.25) is 5.91 Å². The van der Waals surface area contributed by atoms with E-state index in [1.165, 1.54) is 5.01 Å². The monoisotopic (exact) mass is 329 g/mol. The Morgan fingerprint density at radius 2 is 2.29 bits per heavy atom. The molecule has 0 spiro atoms. The molecule has 4 nitrogen and oxygen atoms in total. The standard InChI is InChI=1S/C15H24ClN3OS/c1-3-14(15-18-13(8-16)10-21-15)19-6-4-12(5-7-19)9-17-11(2)20/h10,12,14H,3-9H2,1-2H3,(H,17,20). The molecule has 0 aliphatic carbocycles. The third-order valence-corrected chi connectivity index (χ3v) is 5.38. The average Bonchev–Trinajstić information content (AvgIpc) is 2.96. The molecular weight excluding hydrogens is 306 g/mol. The highest BCUT2D eigenvalue weighted by Gasteiger charge is 2.26. The Hall–Kier alpha value is -0.650. The average molecular weight is 330 g/mol. The number of carbonyl (C=O) groups is 1. The van der Waals surface area contributed by atoms with Gasteiger partial charge >= 0.3 is 0 Å². The summed E-state index contributed by atoms with van der Waals surface area (Å²) in [5, 5.41) is 6.19. The van der Waals surface area contributed by atoms with Crippen molar-refractivity contribution in [3.05, 3.63) is 16.1 Å². The summed E-state index contributed by atoms with van der Waals surface area (Å²) >= 11 is 7.57. The highest BCUT2D eigenvalue weighted by molar-refractivity contribution is 7.09. The van der Waals surface area contributed by atoms with Crippen LogP contribution in [0.5, 0.6) is 0 Å². The minimum Gasteiger partial charge on any atom is -0.356 e. The lowest BCUT2D eigenvalue weighted by Gasteiger charge is -2.36. The molecule has 0 saturated carbocycles. The van der Waals surface area contributed by atoms with Crippen LogP contribution < -0.4 is 5.32 Å². The second-order valence-electron chi connectivity index (χ2n) is 5.65. The Labute approximate surface area is 135 Å². The molecule has 1 aromatic heterocycles. The minimum absolute atomic E-state index is 0.0697. The van der Waals surface area contributed by atoms with Gasteiger partial charge in [0.1, 0.15) is 5.01 Å². The molecule has 1 unspecified atom stereocenters. The molecule has 1 aliphatic heterocycles.